The number of hydrogen-bond acceptors (Lipinski definition) is 5. The van der Waals surface area contributed by atoms with E-state index in [1.54, 1.807) is 42.6 Å². The Morgan fingerprint density at radius 2 is 1.92 bits per heavy atom. The van der Waals surface area contributed by atoms with Gasteiger partial charge in [0.25, 0.3) is 0 Å². The molecule has 24 heavy (non-hydrogen) atoms. The first kappa shape index (κ1) is 15.4. The van der Waals surface area contributed by atoms with Crippen LogP contribution in [0.1, 0.15) is 27.2 Å². The summed E-state index contributed by atoms with van der Waals surface area (Å²) >= 11 is 0. The summed E-state index contributed by atoms with van der Waals surface area (Å²) in [4.78, 5) is 20.9. The van der Waals surface area contributed by atoms with Crippen LogP contribution in [0.3, 0.4) is 0 Å². The largest absolute Gasteiger partial charge is 0.324 e. The van der Waals surface area contributed by atoms with Crippen molar-refractivity contribution in [1.82, 2.24) is 9.97 Å². The number of hydrogen-bond donors (Lipinski definition) is 1. The van der Waals surface area contributed by atoms with Crippen molar-refractivity contribution in [3.05, 3.63) is 83.2 Å². The molecule has 0 radical (unpaired) electrons. The fraction of sp³-hybridized carbons (Fsp3) is 0.0526. The van der Waals surface area contributed by atoms with Gasteiger partial charge in [0.1, 0.15) is 5.69 Å². The van der Waals surface area contributed by atoms with E-state index in [0.717, 1.165) is 11.3 Å². The highest BCUT2D eigenvalue weighted by molar-refractivity contribution is 6.07. The molecule has 1 heterocycles. The van der Waals surface area contributed by atoms with Crippen LogP contribution in [0.2, 0.25) is 0 Å². The minimum absolute atomic E-state index is 0.149. The van der Waals surface area contributed by atoms with Crippen LogP contribution in [0.5, 0.6) is 0 Å². The molecule has 0 saturated heterocycles. The molecule has 5 nitrogen and oxygen atoms in total. The normalized spacial score (nSPS) is 10.0. The number of aryl methyl sites for hydroxylation is 1. The van der Waals surface area contributed by atoms with Crippen LogP contribution in [0.4, 0.5) is 11.6 Å². The maximum atomic E-state index is 12.5. The molecule has 0 aliphatic rings. The first-order valence-corrected chi connectivity index (χ1v) is 7.37. The number of ketones is 1. The predicted octanol–water partition coefficient (Wildman–Crippen LogP) is 3.63. The molecule has 0 aliphatic heterocycles. The molecule has 0 atom stereocenters. The molecule has 0 saturated carbocycles. The van der Waals surface area contributed by atoms with Crippen molar-refractivity contribution < 1.29 is 4.79 Å². The zero-order valence-corrected chi connectivity index (χ0v) is 13.0. The summed E-state index contributed by atoms with van der Waals surface area (Å²) in [6.07, 6.45) is 1.54. The first-order valence-electron chi connectivity index (χ1n) is 7.37. The van der Waals surface area contributed by atoms with E-state index < -0.39 is 0 Å². The first-order chi connectivity index (χ1) is 11.7. The molecule has 0 bridgehead atoms. The highest BCUT2D eigenvalue weighted by Crippen LogP contribution is 2.15. The van der Waals surface area contributed by atoms with Gasteiger partial charge in [0.15, 0.2) is 0 Å². The summed E-state index contributed by atoms with van der Waals surface area (Å²) in [5.74, 6) is 0.183. The van der Waals surface area contributed by atoms with Crippen LogP contribution >= 0.6 is 0 Å². The van der Waals surface area contributed by atoms with Crippen LogP contribution in [-0.2, 0) is 0 Å². The molecule has 5 heteroatoms. The van der Waals surface area contributed by atoms with Crippen LogP contribution in [0, 0.1) is 18.3 Å². The Labute approximate surface area is 139 Å². The number of carbonyl (C=O) groups excluding carboxylic acids is 1. The minimum Gasteiger partial charge on any atom is -0.324 e. The van der Waals surface area contributed by atoms with Gasteiger partial charge in [-0.25, -0.2) is 9.97 Å². The van der Waals surface area contributed by atoms with E-state index in [4.69, 9.17) is 5.26 Å². The van der Waals surface area contributed by atoms with Crippen molar-refractivity contribution in [2.45, 2.75) is 6.92 Å². The molecule has 0 aliphatic carbocycles. The van der Waals surface area contributed by atoms with E-state index in [1.807, 2.05) is 25.1 Å². The van der Waals surface area contributed by atoms with Crippen molar-refractivity contribution in [2.75, 3.05) is 5.32 Å². The van der Waals surface area contributed by atoms with Gasteiger partial charge in [-0.15, -0.1) is 0 Å². The van der Waals surface area contributed by atoms with E-state index in [1.165, 1.54) is 0 Å². The molecule has 116 valence electrons. The highest BCUT2D eigenvalue weighted by Gasteiger charge is 2.12. The third-order valence-electron chi connectivity index (χ3n) is 3.44. The summed E-state index contributed by atoms with van der Waals surface area (Å²) < 4.78 is 0. The van der Waals surface area contributed by atoms with Gasteiger partial charge in [-0.2, -0.15) is 5.26 Å². The van der Waals surface area contributed by atoms with Gasteiger partial charge in [0, 0.05) is 17.4 Å². The lowest BCUT2D eigenvalue weighted by molar-refractivity contribution is 0.103. The third-order valence-corrected chi connectivity index (χ3v) is 3.44. The lowest BCUT2D eigenvalue weighted by Gasteiger charge is -2.06. The molecule has 1 aromatic heterocycles. The van der Waals surface area contributed by atoms with E-state index in [-0.39, 0.29) is 5.78 Å². The Hall–Kier alpha value is -3.52. The standard InChI is InChI=1S/C19H14N4O/c1-13-3-2-4-15(11-13)18(24)17-9-10-21-19(23-17)22-16-7-5-14(12-20)6-8-16/h2-11H,1H3,(H,21,22,23). The zero-order chi connectivity index (χ0) is 16.9. The topological polar surface area (TPSA) is 78.7 Å². The summed E-state index contributed by atoms with van der Waals surface area (Å²) in [5.41, 5.74) is 3.26. The van der Waals surface area contributed by atoms with Gasteiger partial charge in [0.05, 0.1) is 11.6 Å². The van der Waals surface area contributed by atoms with Crippen molar-refractivity contribution in [1.29, 1.82) is 5.26 Å². The van der Waals surface area contributed by atoms with Crippen LogP contribution in [0.25, 0.3) is 0 Å². The van der Waals surface area contributed by atoms with Gasteiger partial charge >= 0.3 is 0 Å². The van der Waals surface area contributed by atoms with Crippen molar-refractivity contribution in [2.24, 2.45) is 0 Å². The Bertz CT molecular complexity index is 927. The molecule has 0 unspecified atom stereocenters. The van der Waals surface area contributed by atoms with Crippen LogP contribution < -0.4 is 5.32 Å². The van der Waals surface area contributed by atoms with E-state index in [2.05, 4.69) is 21.4 Å². The number of rotatable bonds is 4. The second-order valence-electron chi connectivity index (χ2n) is 5.28. The predicted molar refractivity (Wildman–Crippen MR) is 91.1 cm³/mol. The second-order valence-corrected chi connectivity index (χ2v) is 5.28. The summed E-state index contributed by atoms with van der Waals surface area (Å²) in [7, 11) is 0. The quantitative estimate of drug-likeness (QED) is 0.744. The third kappa shape index (κ3) is 3.45. The number of carbonyl (C=O) groups is 1. The molecular weight excluding hydrogens is 300 g/mol. The number of anilines is 2. The fourth-order valence-electron chi connectivity index (χ4n) is 2.24. The second kappa shape index (κ2) is 6.71. The van der Waals surface area contributed by atoms with Crippen LogP contribution in [-0.4, -0.2) is 15.8 Å². The molecule has 0 amide bonds. The summed E-state index contributed by atoms with van der Waals surface area (Å²) in [6.45, 7) is 1.94. The van der Waals surface area contributed by atoms with Crippen molar-refractivity contribution in [3.8, 4) is 6.07 Å². The summed E-state index contributed by atoms with van der Waals surface area (Å²) in [6, 6.07) is 18.0. The maximum Gasteiger partial charge on any atom is 0.227 e. The lowest BCUT2D eigenvalue weighted by Crippen LogP contribution is -2.07. The number of aromatic nitrogens is 2. The fourth-order valence-corrected chi connectivity index (χ4v) is 2.24. The molecule has 2 aromatic carbocycles. The lowest BCUT2D eigenvalue weighted by atomic mass is 10.1. The molecule has 0 fully saturated rings. The van der Waals surface area contributed by atoms with E-state index in [0.29, 0.717) is 22.8 Å². The van der Waals surface area contributed by atoms with Crippen molar-refractivity contribution in [3.63, 3.8) is 0 Å². The Balaban J connectivity index is 1.83. The molecular formula is C19H14N4O. The molecule has 3 rings (SSSR count). The van der Waals surface area contributed by atoms with E-state index >= 15 is 0 Å². The SMILES string of the molecule is Cc1cccc(C(=O)c2ccnc(Nc3ccc(C#N)cc3)n2)c1. The minimum atomic E-state index is -0.149. The Morgan fingerprint density at radius 1 is 1.12 bits per heavy atom. The smallest absolute Gasteiger partial charge is 0.227 e. The molecule has 3 aromatic rings. The highest BCUT2D eigenvalue weighted by atomic mass is 16.1. The number of nitriles is 1. The van der Waals surface area contributed by atoms with Gasteiger partial charge in [0.2, 0.25) is 11.7 Å². The Morgan fingerprint density at radius 3 is 2.62 bits per heavy atom. The van der Waals surface area contributed by atoms with E-state index in [9.17, 15) is 4.79 Å². The van der Waals surface area contributed by atoms with Gasteiger partial charge < -0.3 is 5.32 Å². The number of benzene rings is 2. The average Bonchev–Trinajstić information content (AvgIpc) is 2.62. The zero-order valence-electron chi connectivity index (χ0n) is 13.0. The monoisotopic (exact) mass is 314 g/mol. The van der Waals surface area contributed by atoms with Gasteiger partial charge in [-0.3, -0.25) is 4.79 Å². The number of nitrogens with zero attached hydrogens (tertiary/aromatic N) is 3. The average molecular weight is 314 g/mol. The summed E-state index contributed by atoms with van der Waals surface area (Å²) in [5, 5.41) is 11.8. The van der Waals surface area contributed by atoms with Crippen molar-refractivity contribution >= 4 is 17.4 Å². The molecule has 0 spiro atoms. The maximum absolute atomic E-state index is 12.5. The molecule has 1 N–H and O–H groups in total. The van der Waals surface area contributed by atoms with Crippen LogP contribution in [0.15, 0.2) is 60.8 Å². The Kier molecular flexibility index (Phi) is 4.30. The van der Waals surface area contributed by atoms with Gasteiger partial charge in [-0.1, -0.05) is 23.8 Å². The number of nitrogens with one attached hydrogen (secondary N) is 1. The van der Waals surface area contributed by atoms with Gasteiger partial charge in [-0.05, 0) is 43.3 Å².